The minimum Gasteiger partial charge on any atom is -0.477 e. The van der Waals surface area contributed by atoms with Crippen molar-refractivity contribution >= 4 is 5.91 Å². The number of benzene rings is 1. The largest absolute Gasteiger partial charge is 0.477 e. The molecule has 138 valence electrons. The van der Waals surface area contributed by atoms with Crippen LogP contribution in [0.2, 0.25) is 0 Å². The number of rotatable bonds is 5. The normalized spacial score (nSPS) is 17.0. The lowest BCUT2D eigenvalue weighted by Crippen LogP contribution is -2.45. The maximum Gasteiger partial charge on any atom is 0.278 e. The van der Waals surface area contributed by atoms with Crippen molar-refractivity contribution in [1.82, 2.24) is 14.9 Å². The molecule has 1 aliphatic heterocycles. The number of methoxy groups -OCH3 is 1. The van der Waals surface area contributed by atoms with Gasteiger partial charge in [-0.05, 0) is 24.5 Å². The number of likely N-dealkylation sites (tertiary alicyclic amines) is 1. The zero-order valence-corrected chi connectivity index (χ0v) is 14.3. The number of hydrogen-bond donors (Lipinski definition) is 0. The highest BCUT2D eigenvalue weighted by Crippen LogP contribution is 2.24. The lowest BCUT2D eigenvalue weighted by Gasteiger charge is -2.32. The van der Waals surface area contributed by atoms with Gasteiger partial charge in [-0.2, -0.15) is 0 Å². The molecule has 0 spiro atoms. The summed E-state index contributed by atoms with van der Waals surface area (Å²) in [5, 5.41) is 0. The van der Waals surface area contributed by atoms with Gasteiger partial charge in [0.05, 0.1) is 20.1 Å². The number of amides is 1. The number of halogens is 2. The van der Waals surface area contributed by atoms with Gasteiger partial charge in [0.15, 0.2) is 0 Å². The smallest absolute Gasteiger partial charge is 0.278 e. The monoisotopic (exact) mass is 363 g/mol. The molecule has 0 saturated carbocycles. The second kappa shape index (κ2) is 8.07. The first-order valence-corrected chi connectivity index (χ1v) is 8.30. The van der Waals surface area contributed by atoms with Crippen molar-refractivity contribution in [2.24, 2.45) is 0 Å². The summed E-state index contributed by atoms with van der Waals surface area (Å²) in [5.74, 6) is -1.05. The van der Waals surface area contributed by atoms with Crippen LogP contribution >= 0.6 is 0 Å². The predicted octanol–water partition coefficient (Wildman–Crippen LogP) is 2.38. The number of nitrogens with zero attached hydrogens (tertiary/aromatic N) is 3. The van der Waals surface area contributed by atoms with Gasteiger partial charge in [-0.25, -0.2) is 18.7 Å². The van der Waals surface area contributed by atoms with Crippen molar-refractivity contribution in [2.45, 2.75) is 25.4 Å². The minimum atomic E-state index is -0.715. The number of hydrogen-bond acceptors (Lipinski definition) is 5. The lowest BCUT2D eigenvalue weighted by atomic mass is 10.1. The summed E-state index contributed by atoms with van der Waals surface area (Å²) in [7, 11) is 1.48. The molecule has 1 fully saturated rings. The molecule has 6 nitrogen and oxygen atoms in total. The number of ether oxygens (including phenoxy) is 2. The first-order valence-electron chi connectivity index (χ1n) is 8.30. The summed E-state index contributed by atoms with van der Waals surface area (Å²) >= 11 is 0. The Hall–Kier alpha value is -2.77. The molecule has 0 N–H and O–H groups in total. The van der Waals surface area contributed by atoms with Gasteiger partial charge in [-0.15, -0.1) is 0 Å². The standard InChI is InChI=1S/C18H19F2N3O3/c1-25-17-18(22-7-6-21-17)26-14-3-2-8-23(11-14)16(24)9-12-4-5-13(19)10-15(12)20/h4-7,10,14H,2-3,8-9,11H2,1H3. The first kappa shape index (κ1) is 18.0. The van der Waals surface area contributed by atoms with E-state index in [4.69, 9.17) is 9.47 Å². The van der Waals surface area contributed by atoms with E-state index in [0.29, 0.717) is 13.1 Å². The average molecular weight is 363 g/mol. The van der Waals surface area contributed by atoms with Crippen LogP contribution in [0.1, 0.15) is 18.4 Å². The van der Waals surface area contributed by atoms with Gasteiger partial charge in [0.2, 0.25) is 5.91 Å². The Morgan fingerprint density at radius 1 is 1.27 bits per heavy atom. The Labute approximate surface area is 149 Å². The van der Waals surface area contributed by atoms with E-state index in [1.807, 2.05) is 0 Å². The Morgan fingerprint density at radius 2 is 2.04 bits per heavy atom. The van der Waals surface area contributed by atoms with Gasteiger partial charge >= 0.3 is 0 Å². The summed E-state index contributed by atoms with van der Waals surface area (Å²) in [6.07, 6.45) is 4.14. The van der Waals surface area contributed by atoms with Crippen molar-refractivity contribution in [3.05, 3.63) is 47.8 Å². The fourth-order valence-corrected chi connectivity index (χ4v) is 2.89. The van der Waals surface area contributed by atoms with Crippen LogP contribution < -0.4 is 9.47 Å². The zero-order chi connectivity index (χ0) is 18.5. The van der Waals surface area contributed by atoms with Crippen molar-refractivity contribution in [3.8, 4) is 11.8 Å². The van der Waals surface area contributed by atoms with Crippen molar-refractivity contribution in [1.29, 1.82) is 0 Å². The van der Waals surface area contributed by atoms with Crippen molar-refractivity contribution in [3.63, 3.8) is 0 Å². The fourth-order valence-electron chi connectivity index (χ4n) is 2.89. The molecule has 1 saturated heterocycles. The van der Waals surface area contributed by atoms with E-state index < -0.39 is 11.6 Å². The van der Waals surface area contributed by atoms with Crippen LogP contribution in [0, 0.1) is 11.6 Å². The molecule has 3 rings (SSSR count). The van der Waals surface area contributed by atoms with Crippen molar-refractivity contribution < 1.29 is 23.0 Å². The highest BCUT2D eigenvalue weighted by atomic mass is 19.1. The SMILES string of the molecule is COc1nccnc1OC1CCCN(C(=O)Cc2ccc(F)cc2F)C1. The molecular formula is C18H19F2N3O3. The van der Waals surface area contributed by atoms with Gasteiger partial charge in [0.25, 0.3) is 11.8 Å². The predicted molar refractivity (Wildman–Crippen MR) is 88.9 cm³/mol. The van der Waals surface area contributed by atoms with Crippen LogP contribution in [0.4, 0.5) is 8.78 Å². The highest BCUT2D eigenvalue weighted by Gasteiger charge is 2.26. The number of carbonyl (C=O) groups excluding carboxylic acids is 1. The summed E-state index contributed by atoms with van der Waals surface area (Å²) in [6.45, 7) is 0.931. The Kier molecular flexibility index (Phi) is 5.60. The third-order valence-electron chi connectivity index (χ3n) is 4.19. The van der Waals surface area contributed by atoms with Crippen LogP contribution in [-0.2, 0) is 11.2 Å². The number of piperidine rings is 1. The maximum atomic E-state index is 13.8. The molecular weight excluding hydrogens is 344 g/mol. The molecule has 2 aromatic rings. The van der Waals surface area contributed by atoms with Gasteiger partial charge < -0.3 is 14.4 Å². The van der Waals surface area contributed by atoms with Gasteiger partial charge in [0, 0.05) is 25.0 Å². The topological polar surface area (TPSA) is 64.6 Å². The molecule has 1 aromatic carbocycles. The second-order valence-electron chi connectivity index (χ2n) is 6.01. The third-order valence-corrected chi connectivity index (χ3v) is 4.19. The molecule has 1 amide bonds. The summed E-state index contributed by atoms with van der Waals surface area (Å²) < 4.78 is 37.7. The lowest BCUT2D eigenvalue weighted by molar-refractivity contribution is -0.133. The van der Waals surface area contributed by atoms with E-state index in [0.717, 1.165) is 25.0 Å². The molecule has 0 bridgehead atoms. The zero-order valence-electron chi connectivity index (χ0n) is 14.3. The minimum absolute atomic E-state index is 0.118. The quantitative estimate of drug-likeness (QED) is 0.816. The van der Waals surface area contributed by atoms with Crippen LogP contribution in [0.25, 0.3) is 0 Å². The molecule has 26 heavy (non-hydrogen) atoms. The van der Waals surface area contributed by atoms with E-state index in [2.05, 4.69) is 9.97 Å². The van der Waals surface area contributed by atoms with Crippen LogP contribution in [0.15, 0.2) is 30.6 Å². The van der Waals surface area contributed by atoms with E-state index in [1.54, 1.807) is 4.90 Å². The molecule has 1 unspecified atom stereocenters. The molecule has 8 heteroatoms. The Morgan fingerprint density at radius 3 is 2.77 bits per heavy atom. The highest BCUT2D eigenvalue weighted by molar-refractivity contribution is 5.79. The molecule has 0 radical (unpaired) electrons. The second-order valence-corrected chi connectivity index (χ2v) is 6.01. The van der Waals surface area contributed by atoms with E-state index in [-0.39, 0.29) is 35.8 Å². The molecule has 1 aliphatic rings. The summed E-state index contributed by atoms with van der Waals surface area (Å²) in [4.78, 5) is 22.2. The maximum absolute atomic E-state index is 13.8. The summed E-state index contributed by atoms with van der Waals surface area (Å²) in [6, 6.07) is 3.23. The molecule has 0 aliphatic carbocycles. The van der Waals surface area contributed by atoms with Crippen LogP contribution in [-0.4, -0.2) is 47.1 Å². The van der Waals surface area contributed by atoms with Gasteiger partial charge in [-0.3, -0.25) is 4.79 Å². The van der Waals surface area contributed by atoms with E-state index >= 15 is 0 Å². The molecule has 1 aromatic heterocycles. The summed E-state index contributed by atoms with van der Waals surface area (Å²) in [5.41, 5.74) is 0.176. The Balaban J connectivity index is 1.63. The van der Waals surface area contributed by atoms with Crippen LogP contribution in [0.5, 0.6) is 11.8 Å². The molecule has 1 atom stereocenters. The Bertz CT molecular complexity index is 788. The van der Waals surface area contributed by atoms with Crippen molar-refractivity contribution in [2.75, 3.05) is 20.2 Å². The third kappa shape index (κ3) is 4.25. The fraction of sp³-hybridized carbons (Fsp3) is 0.389. The number of aromatic nitrogens is 2. The average Bonchev–Trinajstić information content (AvgIpc) is 2.64. The van der Waals surface area contributed by atoms with E-state index in [9.17, 15) is 13.6 Å². The van der Waals surface area contributed by atoms with Gasteiger partial charge in [0.1, 0.15) is 17.7 Å². The molecule has 2 heterocycles. The van der Waals surface area contributed by atoms with E-state index in [1.165, 1.54) is 25.6 Å². The van der Waals surface area contributed by atoms with Crippen LogP contribution in [0.3, 0.4) is 0 Å². The van der Waals surface area contributed by atoms with Gasteiger partial charge in [-0.1, -0.05) is 6.07 Å². The number of carbonyl (C=O) groups is 1. The first-order chi connectivity index (χ1) is 12.6.